The summed E-state index contributed by atoms with van der Waals surface area (Å²) in [4.78, 5) is 22.0. The number of anilines is 1. The minimum atomic E-state index is -0.117. The lowest BCUT2D eigenvalue weighted by Crippen LogP contribution is -2.14. The lowest BCUT2D eigenvalue weighted by molar-refractivity contribution is 0.102. The van der Waals surface area contributed by atoms with Gasteiger partial charge < -0.3 is 5.32 Å². The van der Waals surface area contributed by atoms with Gasteiger partial charge in [-0.3, -0.25) is 4.79 Å². The van der Waals surface area contributed by atoms with Crippen molar-refractivity contribution in [3.63, 3.8) is 0 Å². The van der Waals surface area contributed by atoms with Crippen LogP contribution in [0.1, 0.15) is 41.9 Å². The second-order valence-corrected chi connectivity index (χ2v) is 7.30. The van der Waals surface area contributed by atoms with Crippen LogP contribution in [0.5, 0.6) is 0 Å². The third-order valence-electron chi connectivity index (χ3n) is 3.60. The van der Waals surface area contributed by atoms with E-state index in [2.05, 4.69) is 29.1 Å². The van der Waals surface area contributed by atoms with Crippen LogP contribution >= 0.6 is 11.8 Å². The fourth-order valence-corrected chi connectivity index (χ4v) is 3.44. The Labute approximate surface area is 134 Å². The number of thioether (sulfide) groups is 1. The number of aromatic nitrogens is 2. The van der Waals surface area contributed by atoms with Gasteiger partial charge in [0.15, 0.2) is 0 Å². The average molecular weight is 313 g/mol. The Balaban J connectivity index is 1.74. The summed E-state index contributed by atoms with van der Waals surface area (Å²) in [6.45, 7) is 4.31. The molecule has 5 heteroatoms. The van der Waals surface area contributed by atoms with Crippen LogP contribution in [0.3, 0.4) is 0 Å². The molecule has 1 amide bonds. The second kappa shape index (κ2) is 6.48. The van der Waals surface area contributed by atoms with Crippen LogP contribution in [-0.2, 0) is 12.8 Å². The van der Waals surface area contributed by atoms with Crippen LogP contribution in [0.4, 0.5) is 5.82 Å². The first-order valence-electron chi connectivity index (χ1n) is 7.54. The molecule has 1 aliphatic carbocycles. The highest BCUT2D eigenvalue weighted by atomic mass is 32.2. The molecule has 1 aromatic heterocycles. The van der Waals surface area contributed by atoms with Crippen LogP contribution in [0.15, 0.2) is 35.5 Å². The predicted octanol–water partition coefficient (Wildman–Crippen LogP) is 3.72. The summed E-state index contributed by atoms with van der Waals surface area (Å²) in [6, 6.07) is 7.71. The van der Waals surface area contributed by atoms with Crippen LogP contribution in [0.2, 0.25) is 0 Å². The molecule has 0 spiro atoms. The number of carbonyl (C=O) groups excluding carboxylic acids is 1. The van der Waals surface area contributed by atoms with Crippen molar-refractivity contribution in [3.05, 3.63) is 47.4 Å². The molecule has 0 fully saturated rings. The van der Waals surface area contributed by atoms with Crippen molar-refractivity contribution in [3.8, 4) is 0 Å². The van der Waals surface area contributed by atoms with Crippen molar-refractivity contribution in [2.45, 2.75) is 43.3 Å². The van der Waals surface area contributed by atoms with Crippen LogP contribution in [0, 0.1) is 0 Å². The number of hydrogen-bond acceptors (Lipinski definition) is 4. The van der Waals surface area contributed by atoms with Gasteiger partial charge in [0.2, 0.25) is 0 Å². The molecule has 3 rings (SSSR count). The first-order valence-corrected chi connectivity index (χ1v) is 8.42. The summed E-state index contributed by atoms with van der Waals surface area (Å²) in [5, 5.41) is 3.45. The maximum absolute atomic E-state index is 12.4. The van der Waals surface area contributed by atoms with Gasteiger partial charge in [-0.05, 0) is 43.5 Å². The van der Waals surface area contributed by atoms with Crippen molar-refractivity contribution in [1.82, 2.24) is 9.97 Å². The molecule has 1 aliphatic rings. The number of rotatable bonds is 4. The second-order valence-electron chi connectivity index (χ2n) is 5.65. The van der Waals surface area contributed by atoms with Crippen molar-refractivity contribution >= 4 is 23.5 Å². The average Bonchev–Trinajstić information content (AvgIpc) is 2.97. The molecule has 0 saturated heterocycles. The number of nitrogens with one attached hydrogen (secondary N) is 1. The van der Waals surface area contributed by atoms with Gasteiger partial charge in [0.1, 0.15) is 12.1 Å². The van der Waals surface area contributed by atoms with Gasteiger partial charge in [-0.2, -0.15) is 0 Å². The molecule has 0 unspecified atom stereocenters. The molecule has 0 bridgehead atoms. The Kier molecular flexibility index (Phi) is 4.43. The van der Waals surface area contributed by atoms with Crippen LogP contribution in [-0.4, -0.2) is 21.1 Å². The number of fused-ring (bicyclic) bond motifs is 1. The fourth-order valence-electron chi connectivity index (χ4n) is 2.60. The maximum Gasteiger partial charge on any atom is 0.256 e. The molecular formula is C17H19N3OS. The molecule has 0 aliphatic heterocycles. The highest BCUT2D eigenvalue weighted by molar-refractivity contribution is 7.99. The van der Waals surface area contributed by atoms with Crippen LogP contribution in [0.25, 0.3) is 0 Å². The zero-order chi connectivity index (χ0) is 15.5. The quantitative estimate of drug-likeness (QED) is 0.874. The Bertz CT molecular complexity index is 683. The minimum Gasteiger partial charge on any atom is -0.306 e. The van der Waals surface area contributed by atoms with E-state index in [1.807, 2.05) is 24.3 Å². The molecule has 114 valence electrons. The fraction of sp³-hybridized carbons (Fsp3) is 0.353. The summed E-state index contributed by atoms with van der Waals surface area (Å²) < 4.78 is 0. The van der Waals surface area contributed by atoms with Gasteiger partial charge in [0.25, 0.3) is 5.91 Å². The Morgan fingerprint density at radius 2 is 1.95 bits per heavy atom. The highest BCUT2D eigenvalue weighted by Gasteiger charge is 2.18. The third kappa shape index (κ3) is 3.30. The zero-order valence-electron chi connectivity index (χ0n) is 12.8. The molecule has 2 aromatic rings. The molecule has 22 heavy (non-hydrogen) atoms. The van der Waals surface area contributed by atoms with E-state index in [0.717, 1.165) is 30.5 Å². The monoisotopic (exact) mass is 313 g/mol. The predicted molar refractivity (Wildman–Crippen MR) is 89.4 cm³/mol. The third-order valence-corrected chi connectivity index (χ3v) is 4.61. The lowest BCUT2D eigenvalue weighted by atomic mass is 10.2. The topological polar surface area (TPSA) is 54.9 Å². The highest BCUT2D eigenvalue weighted by Crippen LogP contribution is 2.26. The van der Waals surface area contributed by atoms with Crippen molar-refractivity contribution in [2.75, 3.05) is 5.32 Å². The molecule has 0 saturated carbocycles. The number of nitrogens with zero attached hydrogens (tertiary/aromatic N) is 2. The van der Waals surface area contributed by atoms with Crippen molar-refractivity contribution < 1.29 is 4.79 Å². The largest absolute Gasteiger partial charge is 0.306 e. The lowest BCUT2D eigenvalue weighted by Gasteiger charge is -2.09. The van der Waals surface area contributed by atoms with E-state index in [1.165, 1.54) is 11.2 Å². The van der Waals surface area contributed by atoms with Gasteiger partial charge in [-0.1, -0.05) is 13.8 Å². The molecule has 1 N–H and O–H groups in total. The van der Waals surface area contributed by atoms with E-state index in [0.29, 0.717) is 16.6 Å². The Morgan fingerprint density at radius 1 is 1.18 bits per heavy atom. The normalized spacial score (nSPS) is 13.2. The number of carbonyl (C=O) groups is 1. The van der Waals surface area contributed by atoms with Gasteiger partial charge >= 0.3 is 0 Å². The maximum atomic E-state index is 12.4. The van der Waals surface area contributed by atoms with Crippen LogP contribution < -0.4 is 5.32 Å². The van der Waals surface area contributed by atoms with Gasteiger partial charge in [0.05, 0.1) is 0 Å². The van der Waals surface area contributed by atoms with Crippen molar-refractivity contribution in [2.24, 2.45) is 0 Å². The summed E-state index contributed by atoms with van der Waals surface area (Å²) in [7, 11) is 0. The number of hydrogen-bond donors (Lipinski definition) is 1. The smallest absolute Gasteiger partial charge is 0.256 e. The Morgan fingerprint density at radius 3 is 2.68 bits per heavy atom. The molecule has 4 nitrogen and oxygen atoms in total. The van der Waals surface area contributed by atoms with E-state index in [4.69, 9.17) is 0 Å². The number of aryl methyl sites for hydroxylation is 1. The number of amides is 1. The standard InChI is InChI=1S/C17H19N3OS/c1-11(2)22-13-8-6-12(7-9-13)17(21)20-16-14-4-3-5-15(14)18-10-19-16/h6-11H,3-5H2,1-2H3,(H,18,19,20,21). The zero-order valence-corrected chi connectivity index (χ0v) is 13.6. The first-order chi connectivity index (χ1) is 10.6. The van der Waals surface area contributed by atoms with Crippen molar-refractivity contribution in [1.29, 1.82) is 0 Å². The van der Waals surface area contributed by atoms with E-state index >= 15 is 0 Å². The molecule has 1 heterocycles. The molecule has 0 radical (unpaired) electrons. The van der Waals surface area contributed by atoms with E-state index < -0.39 is 0 Å². The number of benzene rings is 1. The first kappa shape index (κ1) is 15.0. The molecule has 1 aromatic carbocycles. The van der Waals surface area contributed by atoms with Gasteiger partial charge in [-0.25, -0.2) is 9.97 Å². The molecular weight excluding hydrogens is 294 g/mol. The van der Waals surface area contributed by atoms with E-state index in [-0.39, 0.29) is 5.91 Å². The minimum absolute atomic E-state index is 0.117. The van der Waals surface area contributed by atoms with E-state index in [9.17, 15) is 4.79 Å². The molecule has 0 atom stereocenters. The van der Waals surface area contributed by atoms with E-state index in [1.54, 1.807) is 11.8 Å². The summed E-state index contributed by atoms with van der Waals surface area (Å²) in [5.74, 6) is 0.544. The van der Waals surface area contributed by atoms with Gasteiger partial charge in [-0.15, -0.1) is 11.8 Å². The van der Waals surface area contributed by atoms with Gasteiger partial charge in [0, 0.05) is 27.0 Å². The Hall–Kier alpha value is -1.88. The summed E-state index contributed by atoms with van der Waals surface area (Å²) in [5.41, 5.74) is 2.80. The SMILES string of the molecule is CC(C)Sc1ccc(C(=O)Nc2ncnc3c2CCC3)cc1. The summed E-state index contributed by atoms with van der Waals surface area (Å²) in [6.07, 6.45) is 4.53. The summed E-state index contributed by atoms with van der Waals surface area (Å²) >= 11 is 1.79.